The van der Waals surface area contributed by atoms with Crippen LogP contribution in [0.25, 0.3) is 0 Å². The summed E-state index contributed by atoms with van der Waals surface area (Å²) < 4.78 is 0. The molecule has 1 aromatic heterocycles. The zero-order chi connectivity index (χ0) is 14.6. The summed E-state index contributed by atoms with van der Waals surface area (Å²) in [5.74, 6) is 0.794. The van der Waals surface area contributed by atoms with Gasteiger partial charge in [-0.15, -0.1) is 0 Å². The minimum absolute atomic E-state index is 0.399. The van der Waals surface area contributed by atoms with E-state index in [1.54, 1.807) is 6.33 Å². The molecule has 2 N–H and O–H groups in total. The van der Waals surface area contributed by atoms with Gasteiger partial charge in [-0.3, -0.25) is 5.10 Å². The van der Waals surface area contributed by atoms with Gasteiger partial charge in [0.25, 0.3) is 0 Å². The Kier molecular flexibility index (Phi) is 5.49. The molecule has 1 fully saturated rings. The number of hydrogen-bond acceptors (Lipinski definition) is 4. The van der Waals surface area contributed by atoms with Crippen molar-refractivity contribution < 1.29 is 0 Å². The Morgan fingerprint density at radius 2 is 2.20 bits per heavy atom. The van der Waals surface area contributed by atoms with Crippen molar-refractivity contribution in [3.05, 3.63) is 6.33 Å². The maximum atomic E-state index is 4.28. The van der Waals surface area contributed by atoms with Gasteiger partial charge in [-0.25, -0.2) is 4.98 Å². The van der Waals surface area contributed by atoms with Crippen LogP contribution in [-0.2, 0) is 0 Å². The summed E-state index contributed by atoms with van der Waals surface area (Å²) in [5.41, 5.74) is 0.399. The first-order chi connectivity index (χ1) is 9.50. The van der Waals surface area contributed by atoms with Crippen LogP contribution in [0.15, 0.2) is 11.5 Å². The zero-order valence-electron chi connectivity index (χ0n) is 13.1. The highest BCUT2D eigenvalue weighted by Gasteiger charge is 2.36. The molecule has 1 aliphatic rings. The van der Waals surface area contributed by atoms with E-state index in [2.05, 4.69) is 48.2 Å². The number of nitrogens with zero attached hydrogens (tertiary/aromatic N) is 2. The highest BCUT2D eigenvalue weighted by molar-refractivity contribution is 7.99. The number of rotatable bonds is 5. The van der Waals surface area contributed by atoms with E-state index < -0.39 is 0 Å². The molecule has 1 aromatic rings. The second-order valence-corrected chi connectivity index (χ2v) is 8.11. The maximum absolute atomic E-state index is 4.28. The van der Waals surface area contributed by atoms with Crippen molar-refractivity contribution in [1.29, 1.82) is 0 Å². The zero-order valence-corrected chi connectivity index (χ0v) is 14.0. The molecular formula is C15H28N4S. The number of thioether (sulfide) groups is 1. The topological polar surface area (TPSA) is 53.6 Å². The molecule has 20 heavy (non-hydrogen) atoms. The molecule has 0 saturated heterocycles. The number of hydrogen-bond donors (Lipinski definition) is 2. The largest absolute Gasteiger partial charge is 0.313 e. The summed E-state index contributed by atoms with van der Waals surface area (Å²) in [4.78, 5) is 4.28. The number of nitrogens with one attached hydrogen (secondary N) is 2. The van der Waals surface area contributed by atoms with Crippen LogP contribution in [0.1, 0.15) is 53.4 Å². The summed E-state index contributed by atoms with van der Waals surface area (Å²) in [5, 5.41) is 12.2. The molecule has 0 spiro atoms. The van der Waals surface area contributed by atoms with Gasteiger partial charge >= 0.3 is 0 Å². The Morgan fingerprint density at radius 3 is 2.80 bits per heavy atom. The Morgan fingerprint density at radius 1 is 1.40 bits per heavy atom. The fourth-order valence-corrected chi connectivity index (χ4v) is 4.23. The Labute approximate surface area is 126 Å². The van der Waals surface area contributed by atoms with Gasteiger partial charge in [-0.2, -0.15) is 5.10 Å². The third kappa shape index (κ3) is 4.22. The molecule has 0 radical (unpaired) electrons. The summed E-state index contributed by atoms with van der Waals surface area (Å²) in [6, 6.07) is 0.601. The molecule has 114 valence electrons. The lowest BCUT2D eigenvalue weighted by Crippen LogP contribution is -2.45. The van der Waals surface area contributed by atoms with E-state index in [1.165, 1.54) is 25.7 Å². The number of aromatic amines is 1. The highest BCUT2D eigenvalue weighted by atomic mass is 32.2. The lowest BCUT2D eigenvalue weighted by Gasteiger charge is -2.41. The predicted molar refractivity (Wildman–Crippen MR) is 84.9 cm³/mol. The summed E-state index contributed by atoms with van der Waals surface area (Å²) >= 11 is 1.86. The molecule has 0 aliphatic heterocycles. The molecule has 3 unspecified atom stereocenters. The highest BCUT2D eigenvalue weighted by Crippen LogP contribution is 2.42. The van der Waals surface area contributed by atoms with Gasteiger partial charge in [0.15, 0.2) is 5.16 Å². The van der Waals surface area contributed by atoms with Crippen molar-refractivity contribution in [2.45, 2.75) is 69.8 Å². The molecular weight excluding hydrogens is 268 g/mol. The van der Waals surface area contributed by atoms with Crippen molar-refractivity contribution in [3.63, 3.8) is 0 Å². The van der Waals surface area contributed by atoms with Gasteiger partial charge in [-0.05, 0) is 43.6 Å². The standard InChI is InChI=1S/C15H28N4S/c1-5-8-16-12-7-6-11(15(2,3)4)9-13(12)20-14-17-10-18-19-14/h10-13,16H,5-9H2,1-4H3,(H,17,18,19). The maximum Gasteiger partial charge on any atom is 0.183 e. The van der Waals surface area contributed by atoms with Crippen LogP contribution < -0.4 is 5.32 Å². The lowest BCUT2D eigenvalue weighted by molar-refractivity contribution is 0.165. The first-order valence-electron chi connectivity index (χ1n) is 7.76. The average molecular weight is 296 g/mol. The van der Waals surface area contributed by atoms with E-state index in [0.29, 0.717) is 16.7 Å². The van der Waals surface area contributed by atoms with Gasteiger partial charge in [-0.1, -0.05) is 39.5 Å². The van der Waals surface area contributed by atoms with Crippen LogP contribution in [0.5, 0.6) is 0 Å². The average Bonchev–Trinajstić information content (AvgIpc) is 2.89. The fourth-order valence-electron chi connectivity index (χ4n) is 3.00. The van der Waals surface area contributed by atoms with Gasteiger partial charge in [0.2, 0.25) is 0 Å². The van der Waals surface area contributed by atoms with Gasteiger partial charge in [0, 0.05) is 11.3 Å². The van der Waals surface area contributed by atoms with Gasteiger partial charge in [0.1, 0.15) is 6.33 Å². The van der Waals surface area contributed by atoms with E-state index in [9.17, 15) is 0 Å². The quantitative estimate of drug-likeness (QED) is 0.873. The SMILES string of the molecule is CCCNC1CCC(C(C)(C)C)CC1Sc1ncn[nH]1. The third-order valence-electron chi connectivity index (χ3n) is 4.33. The molecule has 4 nitrogen and oxygen atoms in total. The minimum atomic E-state index is 0.399. The minimum Gasteiger partial charge on any atom is -0.313 e. The van der Waals surface area contributed by atoms with E-state index >= 15 is 0 Å². The Bertz CT molecular complexity index is 385. The van der Waals surface area contributed by atoms with E-state index in [0.717, 1.165) is 17.6 Å². The summed E-state index contributed by atoms with van der Waals surface area (Å²) in [7, 11) is 0. The van der Waals surface area contributed by atoms with Crippen LogP contribution in [0.2, 0.25) is 0 Å². The third-order valence-corrected chi connectivity index (χ3v) is 5.57. The second kappa shape index (κ2) is 6.94. The first kappa shape index (κ1) is 15.8. The number of aromatic nitrogens is 3. The predicted octanol–water partition coefficient (Wildman–Crippen LogP) is 3.48. The first-order valence-corrected chi connectivity index (χ1v) is 8.64. The van der Waals surface area contributed by atoms with Crippen LogP contribution in [0.3, 0.4) is 0 Å². The monoisotopic (exact) mass is 296 g/mol. The molecule has 5 heteroatoms. The fraction of sp³-hybridized carbons (Fsp3) is 0.867. The van der Waals surface area contributed by atoms with E-state index in [4.69, 9.17) is 0 Å². The second-order valence-electron chi connectivity index (χ2n) is 6.88. The molecule has 0 amide bonds. The smallest absolute Gasteiger partial charge is 0.183 e. The molecule has 3 atom stereocenters. The van der Waals surface area contributed by atoms with Crippen LogP contribution in [0.4, 0.5) is 0 Å². The molecule has 2 rings (SSSR count). The van der Waals surface area contributed by atoms with Crippen molar-refractivity contribution in [2.24, 2.45) is 11.3 Å². The number of H-pyrrole nitrogens is 1. The van der Waals surface area contributed by atoms with Gasteiger partial charge in [0.05, 0.1) is 0 Å². The van der Waals surface area contributed by atoms with Crippen molar-refractivity contribution in [2.75, 3.05) is 6.54 Å². The van der Waals surface area contributed by atoms with Crippen LogP contribution >= 0.6 is 11.8 Å². The molecule has 1 heterocycles. The molecule has 1 saturated carbocycles. The van der Waals surface area contributed by atoms with E-state index in [1.807, 2.05) is 11.8 Å². The van der Waals surface area contributed by atoms with Crippen molar-refractivity contribution in [3.8, 4) is 0 Å². The van der Waals surface area contributed by atoms with Crippen LogP contribution in [-0.4, -0.2) is 33.0 Å². The van der Waals surface area contributed by atoms with Crippen LogP contribution in [0, 0.1) is 11.3 Å². The lowest BCUT2D eigenvalue weighted by atomic mass is 9.71. The molecule has 0 aromatic carbocycles. The summed E-state index contributed by atoms with van der Waals surface area (Å²) in [6.07, 6.45) is 6.65. The summed E-state index contributed by atoms with van der Waals surface area (Å²) in [6.45, 7) is 10.4. The van der Waals surface area contributed by atoms with Crippen molar-refractivity contribution >= 4 is 11.8 Å². The molecule has 1 aliphatic carbocycles. The molecule has 0 bridgehead atoms. The Hall–Kier alpha value is -0.550. The van der Waals surface area contributed by atoms with E-state index in [-0.39, 0.29) is 0 Å². The van der Waals surface area contributed by atoms with Gasteiger partial charge < -0.3 is 5.32 Å². The normalized spacial score (nSPS) is 27.7. The van der Waals surface area contributed by atoms with Crippen molar-refractivity contribution in [1.82, 2.24) is 20.5 Å². The Balaban J connectivity index is 2.02.